The second kappa shape index (κ2) is 15.0. The summed E-state index contributed by atoms with van der Waals surface area (Å²) in [5.74, 6) is -0.108. The van der Waals surface area contributed by atoms with Gasteiger partial charge in [0.2, 0.25) is 5.91 Å². The second-order valence-electron chi connectivity index (χ2n) is 9.85. The smallest absolute Gasteiger partial charge is 0.276 e. The van der Waals surface area contributed by atoms with Gasteiger partial charge in [0.25, 0.3) is 20.0 Å². The maximum absolute atomic E-state index is 13.2. The van der Waals surface area contributed by atoms with Gasteiger partial charge in [-0.15, -0.1) is 0 Å². The van der Waals surface area contributed by atoms with Crippen molar-refractivity contribution in [2.75, 3.05) is 45.8 Å². The van der Waals surface area contributed by atoms with Crippen LogP contribution in [0.25, 0.3) is 0 Å². The number of carbonyl (C=O) groups excluding carboxylic acids is 1. The molecule has 0 spiro atoms. The number of piperidine rings is 1. The standard InChI is InChI=1S/C28H39N7O5S2/c1-3-4-5-8-26(30)41(37,38)32-23(2)21-24(10-13-29)22-33-15-11-25(12-16-33)28(36)34-17-19-35(20-18-34)42(39,40)27-9-6-7-14-31-27/h3-10,13-14,21,25,32H,1-2,11-12,15-20,22,29-30H2/b5-4-,13-10-,24-21+,26-8+. The molecule has 0 unspecified atom stereocenters. The first-order valence-electron chi connectivity index (χ1n) is 13.5. The minimum absolute atomic E-state index is 0.00803. The number of pyridine rings is 1. The average molecular weight is 618 g/mol. The molecule has 14 heteroatoms. The van der Waals surface area contributed by atoms with Crippen LogP contribution in [-0.4, -0.2) is 87.6 Å². The summed E-state index contributed by atoms with van der Waals surface area (Å²) in [4.78, 5) is 21.1. The van der Waals surface area contributed by atoms with Crippen LogP contribution in [-0.2, 0) is 24.8 Å². The Morgan fingerprint density at radius 2 is 1.76 bits per heavy atom. The fourth-order valence-corrected chi connectivity index (χ4v) is 6.84. The van der Waals surface area contributed by atoms with E-state index in [0.717, 1.165) is 5.57 Å². The lowest BCUT2D eigenvalue weighted by molar-refractivity contribution is -0.138. The highest BCUT2D eigenvalue weighted by molar-refractivity contribution is 7.93. The summed E-state index contributed by atoms with van der Waals surface area (Å²) in [5.41, 5.74) is 12.2. The molecule has 2 saturated heterocycles. The number of piperazine rings is 1. The highest BCUT2D eigenvalue weighted by Crippen LogP contribution is 2.23. The lowest BCUT2D eigenvalue weighted by atomic mass is 9.94. The molecule has 2 fully saturated rings. The van der Waals surface area contributed by atoms with E-state index in [2.05, 4.69) is 27.8 Å². The van der Waals surface area contributed by atoms with E-state index >= 15 is 0 Å². The first-order chi connectivity index (χ1) is 20.0. The van der Waals surface area contributed by atoms with E-state index in [9.17, 15) is 21.6 Å². The predicted octanol–water partition coefficient (Wildman–Crippen LogP) is 1.00. The number of allylic oxidation sites excluding steroid dienone is 5. The molecule has 0 atom stereocenters. The Balaban J connectivity index is 1.51. The van der Waals surface area contributed by atoms with Crippen molar-refractivity contribution in [3.8, 4) is 0 Å². The van der Waals surface area contributed by atoms with Gasteiger partial charge in [-0.1, -0.05) is 37.5 Å². The maximum Gasteiger partial charge on any atom is 0.276 e. The van der Waals surface area contributed by atoms with Gasteiger partial charge in [0.05, 0.1) is 0 Å². The Morgan fingerprint density at radius 1 is 1.07 bits per heavy atom. The normalized spacial score (nSPS) is 18.9. The van der Waals surface area contributed by atoms with E-state index in [4.69, 9.17) is 11.5 Å². The van der Waals surface area contributed by atoms with E-state index in [1.165, 1.54) is 41.0 Å². The SMILES string of the molecule is C=C/C=C\C=C(/N)S(=O)(=O)NC(=C)/C=C(\C=C/N)CN1CCC(C(=O)N2CCN(S(=O)(=O)c3ccccn3)CC2)CC1. The molecule has 1 aromatic rings. The maximum atomic E-state index is 13.2. The molecule has 228 valence electrons. The number of nitrogens with zero attached hydrogens (tertiary/aromatic N) is 4. The van der Waals surface area contributed by atoms with Crippen molar-refractivity contribution in [3.05, 3.63) is 96.5 Å². The molecule has 0 aromatic carbocycles. The highest BCUT2D eigenvalue weighted by atomic mass is 32.2. The molecule has 3 rings (SSSR count). The molecule has 2 aliphatic rings. The van der Waals surface area contributed by atoms with Gasteiger partial charge in [-0.3, -0.25) is 14.4 Å². The second-order valence-corrected chi connectivity index (χ2v) is 13.4. The quantitative estimate of drug-likeness (QED) is 0.289. The summed E-state index contributed by atoms with van der Waals surface area (Å²) in [6.45, 7) is 10.2. The highest BCUT2D eigenvalue weighted by Gasteiger charge is 2.34. The third-order valence-electron chi connectivity index (χ3n) is 6.89. The summed E-state index contributed by atoms with van der Waals surface area (Å²) in [6, 6.07) is 4.76. The molecule has 0 aliphatic carbocycles. The fourth-order valence-electron chi connectivity index (χ4n) is 4.71. The summed E-state index contributed by atoms with van der Waals surface area (Å²) >= 11 is 0. The number of nitrogens with one attached hydrogen (secondary N) is 1. The fraction of sp³-hybridized carbons (Fsp3) is 0.357. The van der Waals surface area contributed by atoms with Crippen LogP contribution in [0.2, 0.25) is 0 Å². The number of rotatable bonds is 12. The summed E-state index contributed by atoms with van der Waals surface area (Å²) in [7, 11) is -7.67. The molecular formula is C28H39N7O5S2. The minimum atomic E-state index is -3.98. The zero-order valence-electron chi connectivity index (χ0n) is 23.5. The molecule has 2 aliphatic heterocycles. The van der Waals surface area contributed by atoms with E-state index < -0.39 is 20.0 Å². The van der Waals surface area contributed by atoms with E-state index in [1.54, 1.807) is 35.3 Å². The molecule has 5 N–H and O–H groups in total. The molecule has 0 saturated carbocycles. The zero-order chi connectivity index (χ0) is 30.8. The van der Waals surface area contributed by atoms with E-state index in [-0.39, 0.29) is 40.7 Å². The molecule has 0 radical (unpaired) electrons. The molecule has 42 heavy (non-hydrogen) atoms. The van der Waals surface area contributed by atoms with Crippen LogP contribution in [0.15, 0.2) is 102 Å². The number of amides is 1. The van der Waals surface area contributed by atoms with Gasteiger partial charge in [-0.2, -0.15) is 12.7 Å². The van der Waals surface area contributed by atoms with Crippen molar-refractivity contribution in [3.63, 3.8) is 0 Å². The molecule has 1 aromatic heterocycles. The largest absolute Gasteiger partial charge is 0.405 e. The Labute approximate surface area is 248 Å². The van der Waals surface area contributed by atoms with Crippen molar-refractivity contribution in [2.45, 2.75) is 17.9 Å². The number of carbonyl (C=O) groups is 1. The van der Waals surface area contributed by atoms with Crippen LogP contribution in [0.4, 0.5) is 0 Å². The monoisotopic (exact) mass is 617 g/mol. The van der Waals surface area contributed by atoms with Gasteiger partial charge < -0.3 is 16.4 Å². The summed E-state index contributed by atoms with van der Waals surface area (Å²) in [5, 5.41) is -0.359. The first kappa shape index (κ1) is 32.8. The van der Waals surface area contributed by atoms with Gasteiger partial charge in [-0.05, 0) is 68.1 Å². The number of likely N-dealkylation sites (tertiary alicyclic amines) is 1. The summed E-state index contributed by atoms with van der Waals surface area (Å²) < 4.78 is 54.3. The average Bonchev–Trinajstić information content (AvgIpc) is 2.97. The van der Waals surface area contributed by atoms with Gasteiger partial charge in [0, 0.05) is 50.5 Å². The molecule has 12 nitrogen and oxygen atoms in total. The molecule has 0 bridgehead atoms. The van der Waals surface area contributed by atoms with Crippen molar-refractivity contribution in [1.29, 1.82) is 0 Å². The van der Waals surface area contributed by atoms with Crippen LogP contribution >= 0.6 is 0 Å². The third kappa shape index (κ3) is 8.89. The topological polar surface area (TPSA) is 172 Å². The first-order valence-corrected chi connectivity index (χ1v) is 16.4. The number of aromatic nitrogens is 1. The summed E-state index contributed by atoms with van der Waals surface area (Å²) in [6.07, 6.45) is 13.1. The Morgan fingerprint density at radius 3 is 2.36 bits per heavy atom. The molecule has 1 amide bonds. The number of hydrogen-bond donors (Lipinski definition) is 3. The van der Waals surface area contributed by atoms with Gasteiger partial charge in [-0.25, -0.2) is 13.4 Å². The van der Waals surface area contributed by atoms with Gasteiger partial charge in [0.15, 0.2) is 5.03 Å². The lowest BCUT2D eigenvalue weighted by Crippen LogP contribution is -2.53. The molecular weight excluding hydrogens is 578 g/mol. The van der Waals surface area contributed by atoms with Crippen LogP contribution in [0.1, 0.15) is 12.8 Å². The number of hydrogen-bond acceptors (Lipinski definition) is 9. The van der Waals surface area contributed by atoms with Crippen LogP contribution in [0.5, 0.6) is 0 Å². The Kier molecular flexibility index (Phi) is 11.7. The number of sulfonamides is 2. The minimum Gasteiger partial charge on any atom is -0.405 e. The Bertz CT molecular complexity index is 1450. The van der Waals surface area contributed by atoms with Crippen molar-refractivity contribution >= 4 is 26.0 Å². The van der Waals surface area contributed by atoms with Crippen LogP contribution in [0.3, 0.4) is 0 Å². The predicted molar refractivity (Wildman–Crippen MR) is 163 cm³/mol. The third-order valence-corrected chi connectivity index (χ3v) is 9.99. The van der Waals surface area contributed by atoms with E-state index in [0.29, 0.717) is 45.6 Å². The van der Waals surface area contributed by atoms with Gasteiger partial charge in [0.1, 0.15) is 5.03 Å². The van der Waals surface area contributed by atoms with Crippen LogP contribution < -0.4 is 16.2 Å². The van der Waals surface area contributed by atoms with Crippen molar-refractivity contribution in [1.82, 2.24) is 23.8 Å². The Hall–Kier alpha value is -3.72. The van der Waals surface area contributed by atoms with E-state index in [1.807, 2.05) is 0 Å². The van der Waals surface area contributed by atoms with Crippen molar-refractivity contribution in [2.24, 2.45) is 17.4 Å². The zero-order valence-corrected chi connectivity index (χ0v) is 25.1. The van der Waals surface area contributed by atoms with Crippen molar-refractivity contribution < 1.29 is 21.6 Å². The molecule has 3 heterocycles. The van der Waals surface area contributed by atoms with Crippen LogP contribution in [0, 0.1) is 5.92 Å². The lowest BCUT2D eigenvalue weighted by Gasteiger charge is -2.38. The van der Waals surface area contributed by atoms with Gasteiger partial charge >= 0.3 is 0 Å². The number of nitrogens with two attached hydrogens (primary N) is 2.